The molecule has 0 spiro atoms. The summed E-state index contributed by atoms with van der Waals surface area (Å²) in [6, 6.07) is 6.26. The van der Waals surface area contributed by atoms with E-state index in [0.717, 1.165) is 0 Å². The van der Waals surface area contributed by atoms with Gasteiger partial charge in [0.2, 0.25) is 0 Å². The number of nitrogens with one attached hydrogen (secondary N) is 2. The van der Waals surface area contributed by atoms with Crippen LogP contribution in [0.25, 0.3) is 0 Å². The van der Waals surface area contributed by atoms with Gasteiger partial charge in [0.25, 0.3) is 0 Å². The molecule has 5 heteroatoms. The third kappa shape index (κ3) is 5.25. The van der Waals surface area contributed by atoms with Crippen LogP contribution in [-0.4, -0.2) is 24.6 Å². The summed E-state index contributed by atoms with van der Waals surface area (Å²) in [6.45, 7) is 7.39. The van der Waals surface area contributed by atoms with Crippen LogP contribution in [0.2, 0.25) is 0 Å². The molecule has 0 saturated carbocycles. The van der Waals surface area contributed by atoms with Crippen LogP contribution in [0.3, 0.4) is 0 Å². The Kier molecular flexibility index (Phi) is 5.60. The molecule has 1 rings (SSSR count). The second-order valence-corrected chi connectivity index (χ2v) is 4.22. The zero-order valence-corrected chi connectivity index (χ0v) is 11.1. The lowest BCUT2D eigenvalue weighted by atomic mass is 10.2. The Morgan fingerprint density at radius 3 is 2.47 bits per heavy atom. The van der Waals surface area contributed by atoms with Gasteiger partial charge in [-0.1, -0.05) is 12.7 Å². The zero-order chi connectivity index (χ0) is 14.3. The van der Waals surface area contributed by atoms with E-state index in [0.29, 0.717) is 11.3 Å². The van der Waals surface area contributed by atoms with Crippen molar-refractivity contribution in [1.82, 2.24) is 5.32 Å². The van der Waals surface area contributed by atoms with E-state index in [2.05, 4.69) is 17.2 Å². The summed E-state index contributed by atoms with van der Waals surface area (Å²) in [5.74, 6) is -0.418. The minimum absolute atomic E-state index is 0.0631. The first kappa shape index (κ1) is 14.8. The molecular formula is C14H18N2O3. The van der Waals surface area contributed by atoms with E-state index >= 15 is 0 Å². The van der Waals surface area contributed by atoms with Crippen LogP contribution in [0.15, 0.2) is 36.9 Å². The first-order chi connectivity index (χ1) is 9.02. The van der Waals surface area contributed by atoms with Crippen LogP contribution in [0.1, 0.15) is 24.2 Å². The predicted octanol–water partition coefficient (Wildman–Crippen LogP) is 2.56. The Morgan fingerprint density at radius 1 is 1.32 bits per heavy atom. The molecule has 0 saturated heterocycles. The van der Waals surface area contributed by atoms with Gasteiger partial charge in [0.05, 0.1) is 5.56 Å². The van der Waals surface area contributed by atoms with Crippen molar-refractivity contribution < 1.29 is 14.3 Å². The number of ether oxygens (including phenoxy) is 1. The minimum Gasteiger partial charge on any atom is -0.458 e. The van der Waals surface area contributed by atoms with Crippen molar-refractivity contribution in [2.45, 2.75) is 19.9 Å². The number of hydrogen-bond acceptors (Lipinski definition) is 3. The molecule has 0 atom stereocenters. The molecule has 2 amide bonds. The Hall–Kier alpha value is -2.30. The average Bonchev–Trinajstić information content (AvgIpc) is 2.35. The normalized spacial score (nSPS) is 9.84. The van der Waals surface area contributed by atoms with E-state index in [-0.39, 0.29) is 18.7 Å². The maximum atomic E-state index is 11.5. The lowest BCUT2D eigenvalue weighted by molar-refractivity contribution is 0.0550. The van der Waals surface area contributed by atoms with Gasteiger partial charge in [0, 0.05) is 11.7 Å². The van der Waals surface area contributed by atoms with Crippen molar-refractivity contribution in [3.63, 3.8) is 0 Å². The summed E-state index contributed by atoms with van der Waals surface area (Å²) < 4.78 is 4.89. The van der Waals surface area contributed by atoms with Gasteiger partial charge in [-0.25, -0.2) is 9.59 Å². The number of carbonyl (C=O) groups is 2. The molecule has 1 aromatic carbocycles. The van der Waals surface area contributed by atoms with Crippen molar-refractivity contribution in [1.29, 1.82) is 0 Å². The second kappa shape index (κ2) is 7.20. The molecule has 2 N–H and O–H groups in total. The van der Waals surface area contributed by atoms with Gasteiger partial charge < -0.3 is 15.4 Å². The third-order valence-electron chi connectivity index (χ3n) is 2.13. The summed E-state index contributed by atoms with van der Waals surface area (Å²) in [5.41, 5.74) is 1.04. The van der Waals surface area contributed by atoms with Crippen LogP contribution in [0.5, 0.6) is 0 Å². The monoisotopic (exact) mass is 262 g/mol. The highest BCUT2D eigenvalue weighted by Gasteiger charge is 2.07. The summed E-state index contributed by atoms with van der Waals surface area (Å²) >= 11 is 0. The number of benzene rings is 1. The molecule has 0 bridgehead atoms. The number of rotatable bonds is 5. The van der Waals surface area contributed by atoms with E-state index in [1.165, 1.54) is 6.08 Å². The number of urea groups is 1. The fraction of sp³-hybridized carbons (Fsp3) is 0.286. The molecule has 5 nitrogen and oxygen atoms in total. The van der Waals surface area contributed by atoms with Gasteiger partial charge in [-0.3, -0.25) is 0 Å². The summed E-state index contributed by atoms with van der Waals surface area (Å²) in [5, 5.41) is 5.37. The zero-order valence-electron chi connectivity index (χ0n) is 11.1. The molecule has 0 aliphatic rings. The van der Waals surface area contributed by atoms with Gasteiger partial charge in [0.15, 0.2) is 0 Å². The van der Waals surface area contributed by atoms with Gasteiger partial charge >= 0.3 is 12.0 Å². The van der Waals surface area contributed by atoms with Crippen LogP contribution in [-0.2, 0) is 4.74 Å². The number of anilines is 1. The van der Waals surface area contributed by atoms with Crippen molar-refractivity contribution in [2.75, 3.05) is 11.9 Å². The minimum atomic E-state index is -0.418. The topological polar surface area (TPSA) is 67.4 Å². The summed E-state index contributed by atoms with van der Waals surface area (Å²) in [7, 11) is 0. The largest absolute Gasteiger partial charge is 0.458 e. The molecule has 0 unspecified atom stereocenters. The Balaban J connectivity index is 2.58. The highest BCUT2D eigenvalue weighted by Crippen LogP contribution is 2.10. The predicted molar refractivity (Wildman–Crippen MR) is 74.2 cm³/mol. The fourth-order valence-electron chi connectivity index (χ4n) is 1.34. The molecule has 102 valence electrons. The summed E-state index contributed by atoms with van der Waals surface area (Å²) in [6.07, 6.45) is 1.50. The lowest BCUT2D eigenvalue weighted by Gasteiger charge is -2.10. The average molecular weight is 262 g/mol. The number of carbonyl (C=O) groups excluding carboxylic acids is 2. The third-order valence-corrected chi connectivity index (χ3v) is 2.13. The molecule has 0 radical (unpaired) electrons. The van der Waals surface area contributed by atoms with E-state index in [4.69, 9.17) is 4.74 Å². The quantitative estimate of drug-likeness (QED) is 0.633. The highest BCUT2D eigenvalue weighted by atomic mass is 16.5. The maximum absolute atomic E-state index is 11.5. The molecule has 19 heavy (non-hydrogen) atoms. The highest BCUT2D eigenvalue weighted by molar-refractivity contribution is 5.92. The van der Waals surface area contributed by atoms with Crippen LogP contribution in [0, 0.1) is 0 Å². The SMILES string of the molecule is C=CCOC(=O)c1ccc(NC(=O)NC(C)C)cc1. The molecule has 0 heterocycles. The second-order valence-electron chi connectivity index (χ2n) is 4.22. The lowest BCUT2D eigenvalue weighted by Crippen LogP contribution is -2.34. The van der Waals surface area contributed by atoms with Gasteiger partial charge in [-0.2, -0.15) is 0 Å². The van der Waals surface area contributed by atoms with Crippen molar-refractivity contribution in [3.8, 4) is 0 Å². The van der Waals surface area contributed by atoms with E-state index in [9.17, 15) is 9.59 Å². The molecular weight excluding hydrogens is 244 g/mol. The molecule has 0 aliphatic carbocycles. The first-order valence-electron chi connectivity index (χ1n) is 5.98. The van der Waals surface area contributed by atoms with Gasteiger partial charge in [-0.05, 0) is 38.1 Å². The van der Waals surface area contributed by atoms with Crippen molar-refractivity contribution >= 4 is 17.7 Å². The molecule has 0 fully saturated rings. The standard InChI is InChI=1S/C14H18N2O3/c1-4-9-19-13(17)11-5-7-12(8-6-11)16-14(18)15-10(2)3/h4-8,10H,1,9H2,2-3H3,(H2,15,16,18). The Bertz CT molecular complexity index is 452. The van der Waals surface area contributed by atoms with E-state index in [1.54, 1.807) is 24.3 Å². The molecule has 0 aliphatic heterocycles. The van der Waals surface area contributed by atoms with Crippen LogP contribution >= 0.6 is 0 Å². The fourth-order valence-corrected chi connectivity index (χ4v) is 1.34. The molecule has 0 aromatic heterocycles. The first-order valence-corrected chi connectivity index (χ1v) is 5.98. The Labute approximate surface area is 112 Å². The number of esters is 1. The summed E-state index contributed by atoms with van der Waals surface area (Å²) in [4.78, 5) is 23.0. The van der Waals surface area contributed by atoms with Crippen LogP contribution < -0.4 is 10.6 Å². The maximum Gasteiger partial charge on any atom is 0.338 e. The Morgan fingerprint density at radius 2 is 1.95 bits per heavy atom. The smallest absolute Gasteiger partial charge is 0.338 e. The van der Waals surface area contributed by atoms with Crippen LogP contribution in [0.4, 0.5) is 10.5 Å². The number of amides is 2. The van der Waals surface area contributed by atoms with Gasteiger partial charge in [0.1, 0.15) is 6.61 Å². The van der Waals surface area contributed by atoms with E-state index in [1.807, 2.05) is 13.8 Å². The van der Waals surface area contributed by atoms with Gasteiger partial charge in [-0.15, -0.1) is 0 Å². The molecule has 1 aromatic rings. The van der Waals surface area contributed by atoms with Crippen molar-refractivity contribution in [2.24, 2.45) is 0 Å². The van der Waals surface area contributed by atoms with Crippen molar-refractivity contribution in [3.05, 3.63) is 42.5 Å². The number of hydrogen-bond donors (Lipinski definition) is 2. The van der Waals surface area contributed by atoms with E-state index < -0.39 is 5.97 Å².